The molecule has 2 aromatic carbocycles. The second kappa shape index (κ2) is 14.6. The third kappa shape index (κ3) is 8.28. The Morgan fingerprint density at radius 1 is 1.07 bits per heavy atom. The number of sulfonamides is 1. The van der Waals surface area contributed by atoms with Crippen LogP contribution in [0.1, 0.15) is 63.0 Å². The minimum Gasteiger partial charge on any atom is -0.497 e. The van der Waals surface area contributed by atoms with Gasteiger partial charge in [-0.3, -0.25) is 4.79 Å². The third-order valence-corrected chi connectivity index (χ3v) is 10.4. The molecular weight excluding hydrogens is 545 g/mol. The van der Waals surface area contributed by atoms with E-state index in [2.05, 4.69) is 10.2 Å². The van der Waals surface area contributed by atoms with Crippen LogP contribution in [0.25, 0.3) is 0 Å². The highest BCUT2D eigenvalue weighted by molar-refractivity contribution is 7.89. The fourth-order valence-corrected chi connectivity index (χ4v) is 8.10. The molecule has 1 aliphatic heterocycles. The summed E-state index contributed by atoms with van der Waals surface area (Å²) in [5.41, 5.74) is 0.990. The molecule has 0 bridgehead atoms. The number of hydrogen-bond donors (Lipinski definition) is 1. The Labute approximate surface area is 244 Å². The number of nitrogens with zero attached hydrogens (tertiary/aromatic N) is 2. The van der Waals surface area contributed by atoms with Crippen LogP contribution in [-0.2, 0) is 19.6 Å². The average Bonchev–Trinajstić information content (AvgIpc) is 2.96. The van der Waals surface area contributed by atoms with Gasteiger partial charge < -0.3 is 19.7 Å². The summed E-state index contributed by atoms with van der Waals surface area (Å²) < 4.78 is 52.9. The van der Waals surface area contributed by atoms with Crippen molar-refractivity contribution in [3.05, 3.63) is 59.9 Å². The zero-order chi connectivity index (χ0) is 29.4. The van der Waals surface area contributed by atoms with Crippen LogP contribution in [0.15, 0.2) is 53.4 Å². The molecule has 8 nitrogen and oxygen atoms in total. The molecule has 1 saturated carbocycles. The van der Waals surface area contributed by atoms with Crippen LogP contribution in [0.5, 0.6) is 5.75 Å². The molecule has 1 heterocycles. The molecule has 1 amide bonds. The molecule has 1 saturated heterocycles. The Kier molecular flexibility index (Phi) is 11.2. The lowest BCUT2D eigenvalue weighted by atomic mass is 9.78. The predicted octanol–water partition coefficient (Wildman–Crippen LogP) is 4.76. The third-order valence-electron chi connectivity index (χ3n) is 8.40. The molecule has 1 N–H and O–H groups in total. The van der Waals surface area contributed by atoms with Gasteiger partial charge in [0.1, 0.15) is 18.2 Å². The molecule has 2 aromatic rings. The highest BCUT2D eigenvalue weighted by Crippen LogP contribution is 2.37. The number of benzene rings is 2. The van der Waals surface area contributed by atoms with E-state index in [9.17, 15) is 17.6 Å². The second-order valence-corrected chi connectivity index (χ2v) is 13.3. The van der Waals surface area contributed by atoms with Crippen molar-refractivity contribution in [1.29, 1.82) is 0 Å². The zero-order valence-corrected chi connectivity index (χ0v) is 25.2. The summed E-state index contributed by atoms with van der Waals surface area (Å²) in [6.45, 7) is 0.759. The lowest BCUT2D eigenvalue weighted by molar-refractivity contribution is -0.126. The van der Waals surface area contributed by atoms with Gasteiger partial charge in [-0.05, 0) is 107 Å². The highest BCUT2D eigenvalue weighted by Gasteiger charge is 2.34. The lowest BCUT2D eigenvalue weighted by Crippen LogP contribution is -2.44. The van der Waals surface area contributed by atoms with E-state index in [1.807, 2.05) is 20.2 Å². The number of ether oxygens (including phenoxy) is 2. The molecule has 4 rings (SSSR count). The smallest absolute Gasteiger partial charge is 0.246 e. The van der Waals surface area contributed by atoms with Gasteiger partial charge in [0.05, 0.1) is 12.0 Å². The summed E-state index contributed by atoms with van der Waals surface area (Å²) in [4.78, 5) is 15.0. The quantitative estimate of drug-likeness (QED) is 0.359. The Hall–Kier alpha value is -2.53. The van der Waals surface area contributed by atoms with Crippen LogP contribution in [0.4, 0.5) is 4.39 Å². The molecule has 41 heavy (non-hydrogen) atoms. The molecule has 1 aliphatic carbocycles. The molecule has 2 unspecified atom stereocenters. The van der Waals surface area contributed by atoms with Gasteiger partial charge in [0.25, 0.3) is 0 Å². The van der Waals surface area contributed by atoms with E-state index < -0.39 is 10.0 Å². The van der Waals surface area contributed by atoms with Gasteiger partial charge in [0.2, 0.25) is 15.9 Å². The zero-order valence-electron chi connectivity index (χ0n) is 24.4. The maximum Gasteiger partial charge on any atom is 0.246 e. The maximum absolute atomic E-state index is 13.9. The van der Waals surface area contributed by atoms with Crippen molar-refractivity contribution in [3.8, 4) is 5.75 Å². The summed E-state index contributed by atoms with van der Waals surface area (Å²) in [6, 6.07) is 13.4. The van der Waals surface area contributed by atoms with Crippen LogP contribution in [-0.4, -0.2) is 76.6 Å². The van der Waals surface area contributed by atoms with Crippen molar-refractivity contribution in [2.75, 3.05) is 41.0 Å². The van der Waals surface area contributed by atoms with E-state index in [-0.39, 0.29) is 41.4 Å². The van der Waals surface area contributed by atoms with Gasteiger partial charge >= 0.3 is 0 Å². The number of carbonyl (C=O) groups excluding carboxylic acids is 1. The van der Waals surface area contributed by atoms with Crippen molar-refractivity contribution in [3.63, 3.8) is 0 Å². The largest absolute Gasteiger partial charge is 0.497 e. The summed E-state index contributed by atoms with van der Waals surface area (Å²) >= 11 is 0. The van der Waals surface area contributed by atoms with Crippen LogP contribution >= 0.6 is 0 Å². The Balaban J connectivity index is 1.21. The maximum atomic E-state index is 13.9. The van der Waals surface area contributed by atoms with Crippen molar-refractivity contribution in [2.45, 2.75) is 74.4 Å². The monoisotopic (exact) mass is 589 g/mol. The molecule has 0 spiro atoms. The van der Waals surface area contributed by atoms with Gasteiger partial charge in [0.15, 0.2) is 0 Å². The van der Waals surface area contributed by atoms with Crippen LogP contribution in [0.2, 0.25) is 0 Å². The number of methoxy groups -OCH3 is 1. The Morgan fingerprint density at radius 3 is 2.46 bits per heavy atom. The van der Waals surface area contributed by atoms with E-state index in [0.717, 1.165) is 50.5 Å². The fourth-order valence-electron chi connectivity index (χ4n) is 6.38. The van der Waals surface area contributed by atoms with Crippen LogP contribution in [0.3, 0.4) is 0 Å². The molecule has 0 radical (unpaired) electrons. The second-order valence-electron chi connectivity index (χ2n) is 11.4. The van der Waals surface area contributed by atoms with E-state index in [1.165, 1.54) is 6.07 Å². The number of piperidine rings is 1. The number of halogens is 1. The topological polar surface area (TPSA) is 88.2 Å². The van der Waals surface area contributed by atoms with Gasteiger partial charge in [-0.1, -0.05) is 18.6 Å². The first-order valence-corrected chi connectivity index (χ1v) is 16.1. The Morgan fingerprint density at radius 2 is 1.80 bits per heavy atom. The number of carbonyl (C=O) groups is 1. The summed E-state index contributed by atoms with van der Waals surface area (Å²) in [5, 5.41) is 3.10. The van der Waals surface area contributed by atoms with Crippen molar-refractivity contribution in [1.82, 2.24) is 14.5 Å². The molecule has 10 heteroatoms. The van der Waals surface area contributed by atoms with E-state index in [4.69, 9.17) is 9.47 Å². The normalized spacial score (nSPS) is 22.8. The molecule has 0 aromatic heterocycles. The molecule has 2 atom stereocenters. The SMILES string of the molecule is COc1ccc(S(=O)(=O)N2CCCCC2CCOCC(=O)NC2CCC(C(c3cccc(F)c3)N(C)C)CC2)cc1. The number of amides is 1. The summed E-state index contributed by atoms with van der Waals surface area (Å²) in [6.07, 6.45) is 6.76. The molecule has 2 aliphatic rings. The van der Waals surface area contributed by atoms with E-state index in [0.29, 0.717) is 31.2 Å². The minimum atomic E-state index is -3.62. The molecule has 226 valence electrons. The summed E-state index contributed by atoms with van der Waals surface area (Å²) in [7, 11) is 1.98. The van der Waals surface area contributed by atoms with Crippen LogP contribution in [0, 0.1) is 11.7 Å². The minimum absolute atomic E-state index is 0.0402. The first-order valence-electron chi connectivity index (χ1n) is 14.6. The van der Waals surface area contributed by atoms with Crippen molar-refractivity contribution >= 4 is 15.9 Å². The summed E-state index contributed by atoms with van der Waals surface area (Å²) in [5.74, 6) is 0.642. The van der Waals surface area contributed by atoms with Gasteiger partial charge in [-0.15, -0.1) is 0 Å². The number of nitrogens with one attached hydrogen (secondary N) is 1. The molecular formula is C31H44FN3O5S. The Bertz CT molecular complexity index is 1230. The fraction of sp³-hybridized carbons (Fsp3) is 0.581. The average molecular weight is 590 g/mol. The molecule has 2 fully saturated rings. The standard InChI is InChI=1S/C31H44FN3O5S/c1-34(2)31(24-7-6-8-25(32)21-24)23-10-12-26(13-11-23)33-30(36)22-40-20-18-27-9-4-5-19-35(27)41(37,38)29-16-14-28(39-3)15-17-29/h6-8,14-17,21,23,26-27,31H,4-5,9-13,18-20,22H2,1-3H3,(H,33,36). The van der Waals surface area contributed by atoms with Crippen molar-refractivity contribution < 1.29 is 27.1 Å². The van der Waals surface area contributed by atoms with E-state index in [1.54, 1.807) is 47.8 Å². The van der Waals surface area contributed by atoms with Crippen molar-refractivity contribution in [2.24, 2.45) is 5.92 Å². The van der Waals surface area contributed by atoms with Gasteiger partial charge in [0, 0.05) is 31.3 Å². The van der Waals surface area contributed by atoms with E-state index >= 15 is 0 Å². The lowest BCUT2D eigenvalue weighted by Gasteiger charge is -2.37. The number of rotatable bonds is 12. The van der Waals surface area contributed by atoms with Gasteiger partial charge in [-0.2, -0.15) is 4.31 Å². The predicted molar refractivity (Wildman–Crippen MR) is 157 cm³/mol. The van der Waals surface area contributed by atoms with Gasteiger partial charge in [-0.25, -0.2) is 12.8 Å². The first kappa shape index (κ1) is 31.4. The highest BCUT2D eigenvalue weighted by atomic mass is 32.2. The first-order chi connectivity index (χ1) is 19.7. The number of hydrogen-bond acceptors (Lipinski definition) is 6. The van der Waals surface area contributed by atoms with Crippen LogP contribution < -0.4 is 10.1 Å².